The number of aryl methyl sites for hydroxylation is 1. The number of rotatable bonds is 17. The molecule has 7 rings (SSSR count). The number of methoxy groups -OCH3 is 1. The van der Waals surface area contributed by atoms with Crippen LogP contribution in [0.5, 0.6) is 17.2 Å². The van der Waals surface area contributed by atoms with Crippen LogP contribution in [0.2, 0.25) is 0 Å². The van der Waals surface area contributed by atoms with Gasteiger partial charge in [-0.1, -0.05) is 0 Å². The van der Waals surface area contributed by atoms with Gasteiger partial charge in [-0.15, -0.1) is 0 Å². The van der Waals surface area contributed by atoms with E-state index in [9.17, 15) is 41.9 Å². The first kappa shape index (κ1) is 48.9. The van der Waals surface area contributed by atoms with Crippen LogP contribution in [0.15, 0.2) is 48.5 Å². The summed E-state index contributed by atoms with van der Waals surface area (Å²) in [4.78, 5) is 95.5. The standard InChI is InChI=1S/C44H47F3N8O9.CH2O2/c1-23(25-14-26(44(45,46)47)16-27(48)15-25)50-39-31-18-35(34(62-4)19-32(31)51-24(2)52-39)64-22-43(11-12-43)21-54(3)38(58)6-5-13-49-37(57)20-63-28-7-8-29-30(17-28)42(61)55(41(29)60)33-9-10-36(56)53-40(33)59;2-1-3/h7-8,14-19,23,33H,5-6,9-13,20-22,48H2,1-4H3,(H,49,57)(H,50,51,52)(H,53,56,59);1H,(H,2,3)/t23-,33?;/m1./s1. The zero-order valence-corrected chi connectivity index (χ0v) is 37.0. The molecule has 2 atom stereocenters. The Morgan fingerprint density at radius 1 is 1.04 bits per heavy atom. The molecule has 1 unspecified atom stereocenters. The first-order valence-corrected chi connectivity index (χ1v) is 21.1. The lowest BCUT2D eigenvalue weighted by Crippen LogP contribution is -2.54. The monoisotopic (exact) mass is 934 g/mol. The first-order valence-electron chi connectivity index (χ1n) is 21.1. The van der Waals surface area contributed by atoms with E-state index in [1.165, 1.54) is 31.4 Å². The topological polar surface area (TPSA) is 262 Å². The number of nitrogens with one attached hydrogen (secondary N) is 3. The Morgan fingerprint density at radius 3 is 2.43 bits per heavy atom. The largest absolute Gasteiger partial charge is 0.493 e. The molecule has 356 valence electrons. The van der Waals surface area contributed by atoms with Crippen molar-refractivity contribution in [1.29, 1.82) is 0 Å². The van der Waals surface area contributed by atoms with Gasteiger partial charge in [0.15, 0.2) is 18.1 Å². The van der Waals surface area contributed by atoms with Gasteiger partial charge < -0.3 is 40.6 Å². The average Bonchev–Trinajstić information content (AvgIpc) is 4.00. The zero-order chi connectivity index (χ0) is 48.8. The SMILES string of the molecule is COc1cc2nc(C)nc(N[C@H](C)c3cc(N)cc(C(F)(F)F)c3)c2cc1OCC1(CN(C)C(=O)CCCNC(=O)COc2ccc3c(c2)C(=O)N(C2CCC(=O)NC2=O)C3=O)CC1.O=CO. The number of imide groups is 2. The Kier molecular flexibility index (Phi) is 14.8. The van der Waals surface area contributed by atoms with Gasteiger partial charge in [-0.25, -0.2) is 9.97 Å². The molecule has 22 heteroatoms. The number of anilines is 2. The van der Waals surface area contributed by atoms with E-state index < -0.39 is 60.0 Å². The van der Waals surface area contributed by atoms with Crippen LogP contribution in [0, 0.1) is 12.3 Å². The number of aromatic nitrogens is 2. The summed E-state index contributed by atoms with van der Waals surface area (Å²) >= 11 is 0. The number of halogens is 3. The second kappa shape index (κ2) is 20.3. The highest BCUT2D eigenvalue weighted by atomic mass is 19.4. The minimum atomic E-state index is -4.57. The molecule has 2 aliphatic heterocycles. The molecule has 0 radical (unpaired) electrons. The number of fused-ring (bicyclic) bond motifs is 2. The molecule has 0 spiro atoms. The lowest BCUT2D eigenvalue weighted by atomic mass is 10.0. The fourth-order valence-electron chi connectivity index (χ4n) is 7.76. The highest BCUT2D eigenvalue weighted by Gasteiger charge is 2.46. The van der Waals surface area contributed by atoms with Crippen molar-refractivity contribution in [2.24, 2.45) is 5.41 Å². The van der Waals surface area contributed by atoms with Crippen LogP contribution in [-0.2, 0) is 30.1 Å². The smallest absolute Gasteiger partial charge is 0.416 e. The Morgan fingerprint density at radius 2 is 1.76 bits per heavy atom. The van der Waals surface area contributed by atoms with Crippen molar-refractivity contribution in [1.82, 2.24) is 30.4 Å². The van der Waals surface area contributed by atoms with Gasteiger partial charge in [-0.3, -0.25) is 43.8 Å². The van der Waals surface area contributed by atoms with Crippen LogP contribution in [0.4, 0.5) is 24.7 Å². The van der Waals surface area contributed by atoms with E-state index in [2.05, 4.69) is 25.9 Å². The van der Waals surface area contributed by atoms with Crippen molar-refractivity contribution < 1.29 is 66.1 Å². The number of alkyl halides is 3. The minimum Gasteiger partial charge on any atom is -0.493 e. The number of carbonyl (C=O) groups is 7. The van der Waals surface area contributed by atoms with Crippen molar-refractivity contribution in [2.45, 2.75) is 70.6 Å². The first-order chi connectivity index (χ1) is 31.8. The maximum absolute atomic E-state index is 13.5. The molecule has 67 heavy (non-hydrogen) atoms. The fraction of sp³-hybridized carbons (Fsp3) is 0.400. The van der Waals surface area contributed by atoms with Crippen LogP contribution in [-0.4, -0.2) is 113 Å². The van der Waals surface area contributed by atoms with Gasteiger partial charge in [0.25, 0.3) is 24.2 Å². The van der Waals surface area contributed by atoms with Gasteiger partial charge in [-0.05, 0) is 87.6 Å². The third-order valence-electron chi connectivity index (χ3n) is 11.4. The molecule has 1 saturated heterocycles. The molecule has 0 bridgehead atoms. The molecule has 3 aromatic carbocycles. The Balaban J connectivity index is 0.00000240. The molecule has 6 N–H and O–H groups in total. The summed E-state index contributed by atoms with van der Waals surface area (Å²) < 4.78 is 58.2. The Bertz CT molecular complexity index is 2610. The second-order valence-electron chi connectivity index (χ2n) is 16.4. The summed E-state index contributed by atoms with van der Waals surface area (Å²) in [5, 5.41) is 15.5. The molecule has 3 heterocycles. The van der Waals surface area contributed by atoms with Gasteiger partial charge in [-0.2, -0.15) is 13.2 Å². The number of hydrogen-bond donors (Lipinski definition) is 5. The number of benzene rings is 3. The summed E-state index contributed by atoms with van der Waals surface area (Å²) in [5.41, 5.74) is 5.60. The van der Waals surface area contributed by atoms with Gasteiger partial charge in [0.2, 0.25) is 17.7 Å². The van der Waals surface area contributed by atoms with Crippen LogP contribution in [0.25, 0.3) is 10.9 Å². The van der Waals surface area contributed by atoms with E-state index in [0.29, 0.717) is 52.6 Å². The molecule has 19 nitrogen and oxygen atoms in total. The van der Waals surface area contributed by atoms with Crippen molar-refractivity contribution >= 4 is 64.3 Å². The minimum absolute atomic E-state index is 0.00245. The number of carboxylic acid groups (broad SMARTS) is 1. The third kappa shape index (κ3) is 11.7. The highest BCUT2D eigenvalue weighted by molar-refractivity contribution is 6.23. The summed E-state index contributed by atoms with van der Waals surface area (Å²) in [6.07, 6.45) is -2.39. The number of nitrogens with two attached hydrogens (primary N) is 1. The average molecular weight is 935 g/mol. The van der Waals surface area contributed by atoms with Crippen molar-refractivity contribution in [3.05, 3.63) is 76.6 Å². The molecule has 1 aromatic heterocycles. The van der Waals surface area contributed by atoms with E-state index in [4.69, 9.17) is 29.8 Å². The summed E-state index contributed by atoms with van der Waals surface area (Å²) in [5.74, 6) is -1.34. The van der Waals surface area contributed by atoms with Gasteiger partial charge in [0.1, 0.15) is 23.4 Å². The predicted molar refractivity (Wildman–Crippen MR) is 233 cm³/mol. The van der Waals surface area contributed by atoms with Crippen LogP contribution in [0.3, 0.4) is 0 Å². The normalized spacial score (nSPS) is 16.5. The molecule has 6 amide bonds. The molecule has 1 aliphatic carbocycles. The quantitative estimate of drug-likeness (QED) is 0.0425. The van der Waals surface area contributed by atoms with Crippen LogP contribution >= 0.6 is 0 Å². The summed E-state index contributed by atoms with van der Waals surface area (Å²) in [6.45, 7) is 3.65. The lowest BCUT2D eigenvalue weighted by molar-refractivity contribution is -0.138. The van der Waals surface area contributed by atoms with E-state index in [1.54, 1.807) is 37.9 Å². The molecule has 2 fully saturated rings. The summed E-state index contributed by atoms with van der Waals surface area (Å²) in [6, 6.07) is 9.28. The number of amides is 6. The highest BCUT2D eigenvalue weighted by Crippen LogP contribution is 2.47. The fourth-order valence-corrected chi connectivity index (χ4v) is 7.76. The molecular weight excluding hydrogens is 886 g/mol. The number of piperidine rings is 1. The molecule has 4 aromatic rings. The van der Waals surface area contributed by atoms with Crippen LogP contribution in [0.1, 0.15) is 89.2 Å². The number of hydrogen-bond acceptors (Lipinski definition) is 14. The van der Waals surface area contributed by atoms with Gasteiger partial charge in [0.05, 0.1) is 42.0 Å². The molecule has 3 aliphatic rings. The Hall–Kier alpha value is -7.52. The van der Waals surface area contributed by atoms with Crippen molar-refractivity contribution in [3.63, 3.8) is 0 Å². The van der Waals surface area contributed by atoms with E-state index in [-0.39, 0.29) is 72.8 Å². The van der Waals surface area contributed by atoms with Gasteiger partial charge in [0, 0.05) is 55.5 Å². The molecular formula is C45H49F3N8O11. The predicted octanol–water partition coefficient (Wildman–Crippen LogP) is 4.42. The maximum Gasteiger partial charge on any atom is 0.416 e. The summed E-state index contributed by atoms with van der Waals surface area (Å²) in [7, 11) is 3.21. The number of nitrogen functional groups attached to an aromatic ring is 1. The Labute approximate surface area is 381 Å². The van der Waals surface area contributed by atoms with E-state index >= 15 is 0 Å². The number of nitrogens with zero attached hydrogens (tertiary/aromatic N) is 4. The second-order valence-corrected chi connectivity index (χ2v) is 16.4. The van der Waals surface area contributed by atoms with Gasteiger partial charge >= 0.3 is 6.18 Å². The lowest BCUT2D eigenvalue weighted by Gasteiger charge is -2.27. The van der Waals surface area contributed by atoms with Crippen LogP contribution < -0.4 is 35.9 Å². The van der Waals surface area contributed by atoms with Crippen molar-refractivity contribution in [3.8, 4) is 17.2 Å². The number of ether oxygens (including phenoxy) is 3. The zero-order valence-electron chi connectivity index (χ0n) is 37.0. The number of carbonyl (C=O) groups excluding carboxylic acids is 6. The third-order valence-corrected chi connectivity index (χ3v) is 11.4. The molecule has 1 saturated carbocycles. The maximum atomic E-state index is 13.5. The van der Waals surface area contributed by atoms with E-state index in [0.717, 1.165) is 29.9 Å². The van der Waals surface area contributed by atoms with Crippen molar-refractivity contribution in [2.75, 3.05) is 51.5 Å². The van der Waals surface area contributed by atoms with E-state index in [1.807, 2.05) is 0 Å².